The van der Waals surface area contributed by atoms with Crippen LogP contribution in [0.3, 0.4) is 0 Å². The maximum atomic E-state index is 4.71. The van der Waals surface area contributed by atoms with E-state index in [0.717, 1.165) is 56.4 Å². The van der Waals surface area contributed by atoms with Gasteiger partial charge in [0.05, 0.1) is 17.4 Å². The van der Waals surface area contributed by atoms with Crippen LogP contribution in [0.4, 0.5) is 28.4 Å². The first-order valence-electron chi connectivity index (χ1n) is 22.9. The summed E-state index contributed by atoms with van der Waals surface area (Å²) in [6, 6.07) is 77.1. The topological polar surface area (TPSA) is 32.3 Å². The summed E-state index contributed by atoms with van der Waals surface area (Å²) in [5.41, 5.74) is 16.5. The third kappa shape index (κ3) is 10.0. The van der Waals surface area contributed by atoms with Crippen molar-refractivity contribution in [2.75, 3.05) is 9.80 Å². The number of benzene rings is 7. The Morgan fingerprint density at radius 3 is 1.31 bits per heavy atom. The first kappa shape index (κ1) is 42.4. The summed E-state index contributed by atoms with van der Waals surface area (Å²) in [5, 5.41) is 0. The van der Waals surface area contributed by atoms with E-state index in [0.29, 0.717) is 5.92 Å². The summed E-state index contributed by atoms with van der Waals surface area (Å²) < 4.78 is 0. The van der Waals surface area contributed by atoms with Gasteiger partial charge in [-0.3, -0.25) is 9.97 Å². The van der Waals surface area contributed by atoms with Gasteiger partial charge in [-0.1, -0.05) is 183 Å². The number of nitrogens with zero attached hydrogens (tertiary/aromatic N) is 4. The van der Waals surface area contributed by atoms with E-state index in [1.165, 1.54) is 28.0 Å². The number of aromatic nitrogens is 2. The fourth-order valence-electron chi connectivity index (χ4n) is 8.75. The van der Waals surface area contributed by atoms with E-state index in [1.54, 1.807) is 0 Å². The molecule has 9 aromatic rings. The molecule has 2 atom stereocenters. The van der Waals surface area contributed by atoms with E-state index in [4.69, 9.17) is 9.97 Å². The highest BCUT2D eigenvalue weighted by Gasteiger charge is 2.26. The third-order valence-electron chi connectivity index (χ3n) is 12.2. The van der Waals surface area contributed by atoms with Crippen molar-refractivity contribution in [3.63, 3.8) is 0 Å². The third-order valence-corrected chi connectivity index (χ3v) is 12.2. The molecule has 0 amide bonds. The van der Waals surface area contributed by atoms with Crippen LogP contribution in [0.25, 0.3) is 52.4 Å². The first-order valence-corrected chi connectivity index (χ1v) is 22.9. The molecule has 7 aromatic carbocycles. The van der Waals surface area contributed by atoms with Gasteiger partial charge in [0.25, 0.3) is 0 Å². The van der Waals surface area contributed by atoms with Crippen LogP contribution in [-0.4, -0.2) is 16.0 Å². The monoisotopic (exact) mass is 862 g/mol. The molecule has 322 valence electrons. The van der Waals surface area contributed by atoms with Gasteiger partial charge in [0.15, 0.2) is 0 Å². The predicted octanol–water partition coefficient (Wildman–Crippen LogP) is 16.4. The summed E-state index contributed by atoms with van der Waals surface area (Å²) in [6.45, 7) is 2.31. The van der Waals surface area contributed by atoms with Crippen LogP contribution >= 0.6 is 0 Å². The van der Waals surface area contributed by atoms with Gasteiger partial charge in [0.1, 0.15) is 0 Å². The Bertz CT molecular complexity index is 3160. The van der Waals surface area contributed by atoms with Gasteiger partial charge in [-0.2, -0.15) is 0 Å². The molecule has 0 saturated heterocycles. The van der Waals surface area contributed by atoms with E-state index < -0.39 is 0 Å². The molecule has 0 bridgehead atoms. The normalized spacial score (nSPS) is 14.6. The van der Waals surface area contributed by atoms with Crippen molar-refractivity contribution in [3.8, 4) is 22.5 Å². The molecule has 1 aliphatic rings. The maximum absolute atomic E-state index is 4.71. The van der Waals surface area contributed by atoms with E-state index in [1.807, 2.05) is 24.5 Å². The summed E-state index contributed by atoms with van der Waals surface area (Å²) in [6.07, 6.45) is 19.3. The van der Waals surface area contributed by atoms with Gasteiger partial charge in [-0.05, 0) is 135 Å². The standard InChI is InChI=1S/C63H50N4/c1-47-44-55(53-16-8-3-9-17-53)32-39-63(47)67(57-20-12-5-13-21-57)60-35-28-49(29-36-60)23-25-51-41-43-65-62(46-51)61-45-50(40-42-64-61)24-22-48-26-33-58(34-27-48)66(56-18-10-4-11-19-56)59-37-30-54(31-38-59)52-14-6-2-7-15-52/h2-47,63H,1H3/b24-22+,25-23+. The first-order chi connectivity index (χ1) is 33.1. The second-order valence-corrected chi connectivity index (χ2v) is 16.8. The number of allylic oxidation sites excluding steroid dienone is 2. The Kier molecular flexibility index (Phi) is 12.7. The van der Waals surface area contributed by atoms with Crippen LogP contribution < -0.4 is 9.80 Å². The zero-order valence-electron chi connectivity index (χ0n) is 37.4. The van der Waals surface area contributed by atoms with Crippen molar-refractivity contribution in [3.05, 3.63) is 277 Å². The molecule has 67 heavy (non-hydrogen) atoms. The van der Waals surface area contributed by atoms with Crippen molar-refractivity contribution in [1.29, 1.82) is 0 Å². The lowest BCUT2D eigenvalue weighted by molar-refractivity contribution is 0.611. The summed E-state index contributed by atoms with van der Waals surface area (Å²) in [4.78, 5) is 14.2. The summed E-state index contributed by atoms with van der Waals surface area (Å²) in [7, 11) is 0. The zero-order chi connectivity index (χ0) is 45.2. The molecule has 2 heterocycles. The lowest BCUT2D eigenvalue weighted by Gasteiger charge is -2.37. The Morgan fingerprint density at radius 1 is 0.388 bits per heavy atom. The molecule has 2 unspecified atom stereocenters. The lowest BCUT2D eigenvalue weighted by Crippen LogP contribution is -2.35. The van der Waals surface area contributed by atoms with Crippen LogP contribution in [0.15, 0.2) is 249 Å². The van der Waals surface area contributed by atoms with Crippen LogP contribution in [0, 0.1) is 5.92 Å². The van der Waals surface area contributed by atoms with Crippen LogP contribution in [0.1, 0.15) is 34.7 Å². The van der Waals surface area contributed by atoms with Crippen molar-refractivity contribution >= 4 is 58.3 Å². The second kappa shape index (κ2) is 20.1. The van der Waals surface area contributed by atoms with Crippen molar-refractivity contribution in [2.24, 2.45) is 5.92 Å². The van der Waals surface area contributed by atoms with Gasteiger partial charge in [-0.25, -0.2) is 0 Å². The van der Waals surface area contributed by atoms with Crippen LogP contribution in [0.5, 0.6) is 0 Å². The minimum absolute atomic E-state index is 0.174. The van der Waals surface area contributed by atoms with Crippen LogP contribution in [0.2, 0.25) is 0 Å². The molecular formula is C63H50N4. The predicted molar refractivity (Wildman–Crippen MR) is 283 cm³/mol. The average Bonchev–Trinajstić information content (AvgIpc) is 3.40. The second-order valence-electron chi connectivity index (χ2n) is 16.8. The lowest BCUT2D eigenvalue weighted by atomic mass is 9.88. The van der Waals surface area contributed by atoms with E-state index in [2.05, 4.69) is 266 Å². The summed E-state index contributed by atoms with van der Waals surface area (Å²) in [5.74, 6) is 0.304. The molecule has 10 rings (SSSR count). The van der Waals surface area contributed by atoms with Crippen molar-refractivity contribution in [2.45, 2.75) is 13.0 Å². The number of para-hydroxylation sites is 2. The molecule has 4 nitrogen and oxygen atoms in total. The van der Waals surface area contributed by atoms with Crippen LogP contribution in [-0.2, 0) is 0 Å². The van der Waals surface area contributed by atoms with Gasteiger partial charge in [-0.15, -0.1) is 0 Å². The number of pyridine rings is 2. The highest BCUT2D eigenvalue weighted by Crippen LogP contribution is 2.38. The smallest absolute Gasteiger partial charge is 0.0892 e. The van der Waals surface area contributed by atoms with E-state index >= 15 is 0 Å². The molecule has 0 N–H and O–H groups in total. The maximum Gasteiger partial charge on any atom is 0.0892 e. The molecule has 0 saturated carbocycles. The van der Waals surface area contributed by atoms with Gasteiger partial charge in [0, 0.05) is 40.8 Å². The Morgan fingerprint density at radius 2 is 0.791 bits per heavy atom. The van der Waals surface area contributed by atoms with Gasteiger partial charge >= 0.3 is 0 Å². The fraction of sp³-hybridized carbons (Fsp3) is 0.0476. The molecule has 4 heteroatoms. The van der Waals surface area contributed by atoms with E-state index in [-0.39, 0.29) is 6.04 Å². The van der Waals surface area contributed by atoms with Crippen molar-refractivity contribution < 1.29 is 0 Å². The molecule has 0 fully saturated rings. The molecular weight excluding hydrogens is 813 g/mol. The minimum Gasteiger partial charge on any atom is -0.334 e. The SMILES string of the molecule is CC1C=C(c2ccccc2)C=CC1N(c1ccccc1)c1ccc(/C=C/c2ccnc(-c3cc(/C=C/c4ccc(N(c5ccccc5)c5ccc(-c6ccccc6)cc5)cc4)ccn3)c2)cc1. The van der Waals surface area contributed by atoms with E-state index in [9.17, 15) is 0 Å². The number of hydrogen-bond acceptors (Lipinski definition) is 4. The quantitative estimate of drug-likeness (QED) is 0.116. The molecule has 0 spiro atoms. The largest absolute Gasteiger partial charge is 0.334 e. The number of anilines is 5. The molecule has 2 aromatic heterocycles. The fourth-order valence-corrected chi connectivity index (χ4v) is 8.75. The zero-order valence-corrected chi connectivity index (χ0v) is 37.4. The average molecular weight is 863 g/mol. The van der Waals surface area contributed by atoms with Crippen molar-refractivity contribution in [1.82, 2.24) is 9.97 Å². The molecule has 1 aliphatic carbocycles. The highest BCUT2D eigenvalue weighted by atomic mass is 15.2. The Balaban J connectivity index is 0.820. The number of rotatable bonds is 13. The van der Waals surface area contributed by atoms with Gasteiger partial charge < -0.3 is 9.80 Å². The Hall–Kier alpha value is -8.60. The molecule has 0 radical (unpaired) electrons. The number of hydrogen-bond donors (Lipinski definition) is 0. The Labute approximate surface area is 394 Å². The molecule has 0 aliphatic heterocycles. The minimum atomic E-state index is 0.174. The van der Waals surface area contributed by atoms with Gasteiger partial charge in [0.2, 0.25) is 0 Å². The highest BCUT2D eigenvalue weighted by molar-refractivity contribution is 5.81. The summed E-state index contributed by atoms with van der Waals surface area (Å²) >= 11 is 0.